The fraction of sp³-hybridized carbons (Fsp3) is 0.917. The highest BCUT2D eigenvalue weighted by molar-refractivity contribution is 4.98. The second kappa shape index (κ2) is 4.11. The van der Waals surface area contributed by atoms with Crippen molar-refractivity contribution in [2.24, 2.45) is 0 Å². The molecule has 0 spiro atoms. The number of hydrogen-bond acceptors (Lipinski definition) is 3. The molecule has 1 rings (SSSR count). The van der Waals surface area contributed by atoms with E-state index >= 15 is 0 Å². The molecule has 0 aromatic rings. The van der Waals surface area contributed by atoms with Gasteiger partial charge in [0.15, 0.2) is 0 Å². The van der Waals surface area contributed by atoms with Crippen molar-refractivity contribution in [3.05, 3.63) is 0 Å². The summed E-state index contributed by atoms with van der Waals surface area (Å²) < 4.78 is 5.98. The largest absolute Gasteiger partial charge is 0.367 e. The molecule has 1 atom stereocenters. The molecule has 1 fully saturated rings. The lowest BCUT2D eigenvalue weighted by molar-refractivity contribution is -0.184. The zero-order chi connectivity index (χ0) is 11.7. The van der Waals surface area contributed by atoms with E-state index in [1.54, 1.807) is 0 Å². The first-order valence-corrected chi connectivity index (χ1v) is 5.63. The van der Waals surface area contributed by atoms with E-state index in [1.807, 2.05) is 0 Å². The molecule has 0 amide bonds. The SMILES string of the molecule is CCC(C#N)N1CC(C)(C)OC(C)(C)C1. The summed E-state index contributed by atoms with van der Waals surface area (Å²) in [6.45, 7) is 12.1. The lowest BCUT2D eigenvalue weighted by Gasteiger charge is -2.48. The molecule has 1 unspecified atom stereocenters. The highest BCUT2D eigenvalue weighted by atomic mass is 16.5. The second-order valence-electron chi connectivity index (χ2n) is 5.58. The van der Waals surface area contributed by atoms with E-state index < -0.39 is 0 Å². The third-order valence-corrected chi connectivity index (χ3v) is 2.70. The molecular weight excluding hydrogens is 188 g/mol. The monoisotopic (exact) mass is 210 g/mol. The highest BCUT2D eigenvalue weighted by Gasteiger charge is 2.40. The highest BCUT2D eigenvalue weighted by Crippen LogP contribution is 2.29. The average Bonchev–Trinajstić information content (AvgIpc) is 2.00. The van der Waals surface area contributed by atoms with Crippen LogP contribution in [-0.4, -0.2) is 35.2 Å². The minimum absolute atomic E-state index is 0.0208. The van der Waals surface area contributed by atoms with Gasteiger partial charge in [0.25, 0.3) is 0 Å². The summed E-state index contributed by atoms with van der Waals surface area (Å²) in [4.78, 5) is 2.24. The van der Waals surface area contributed by atoms with E-state index in [9.17, 15) is 0 Å². The van der Waals surface area contributed by atoms with Crippen molar-refractivity contribution in [1.82, 2.24) is 4.90 Å². The Morgan fingerprint density at radius 3 is 2.07 bits per heavy atom. The molecule has 3 heteroatoms. The van der Waals surface area contributed by atoms with Crippen LogP contribution < -0.4 is 0 Å². The Morgan fingerprint density at radius 1 is 1.27 bits per heavy atom. The molecule has 0 radical (unpaired) electrons. The number of nitriles is 1. The predicted octanol–water partition coefficient (Wildman–Crippen LogP) is 2.18. The molecule has 0 saturated carbocycles. The summed E-state index contributed by atoms with van der Waals surface area (Å²) in [5.41, 5.74) is -0.321. The van der Waals surface area contributed by atoms with Crippen LogP contribution in [0.5, 0.6) is 0 Å². The van der Waals surface area contributed by atoms with Crippen molar-refractivity contribution in [3.8, 4) is 6.07 Å². The van der Waals surface area contributed by atoms with Crippen LogP contribution in [0, 0.1) is 11.3 Å². The third kappa shape index (κ3) is 3.19. The molecule has 0 aromatic heterocycles. The quantitative estimate of drug-likeness (QED) is 0.701. The molecule has 1 aliphatic rings. The van der Waals surface area contributed by atoms with E-state index in [0.717, 1.165) is 19.5 Å². The van der Waals surface area contributed by atoms with Gasteiger partial charge in [-0.15, -0.1) is 0 Å². The van der Waals surface area contributed by atoms with Gasteiger partial charge in [-0.1, -0.05) is 6.92 Å². The molecule has 0 N–H and O–H groups in total. The first kappa shape index (κ1) is 12.5. The third-order valence-electron chi connectivity index (χ3n) is 2.70. The van der Waals surface area contributed by atoms with Gasteiger partial charge in [-0.05, 0) is 34.1 Å². The van der Waals surface area contributed by atoms with Gasteiger partial charge in [0.1, 0.15) is 0 Å². The Kier molecular flexibility index (Phi) is 3.42. The van der Waals surface area contributed by atoms with Crippen LogP contribution in [0.3, 0.4) is 0 Å². The summed E-state index contributed by atoms with van der Waals surface area (Å²) in [5, 5.41) is 9.09. The first-order valence-electron chi connectivity index (χ1n) is 5.63. The van der Waals surface area contributed by atoms with E-state index in [0.29, 0.717) is 0 Å². The molecule has 0 aliphatic carbocycles. The van der Waals surface area contributed by atoms with E-state index in [1.165, 1.54) is 0 Å². The van der Waals surface area contributed by atoms with Gasteiger partial charge in [-0.2, -0.15) is 5.26 Å². The molecule has 0 aromatic carbocycles. The number of hydrogen-bond donors (Lipinski definition) is 0. The Morgan fingerprint density at radius 2 is 1.73 bits per heavy atom. The Bertz CT molecular complexity index is 249. The molecule has 0 bridgehead atoms. The van der Waals surface area contributed by atoms with E-state index in [2.05, 4.69) is 45.6 Å². The van der Waals surface area contributed by atoms with Gasteiger partial charge in [-0.3, -0.25) is 4.90 Å². The molecular formula is C12H22N2O. The normalized spacial score (nSPS) is 26.9. The summed E-state index contributed by atoms with van der Waals surface area (Å²) in [6, 6.07) is 2.39. The van der Waals surface area contributed by atoms with Crippen molar-refractivity contribution in [1.29, 1.82) is 5.26 Å². The molecule has 15 heavy (non-hydrogen) atoms. The second-order valence-corrected chi connectivity index (χ2v) is 5.58. The Hall–Kier alpha value is -0.590. The summed E-state index contributed by atoms with van der Waals surface area (Å²) in [7, 11) is 0. The Balaban J connectivity index is 2.80. The lowest BCUT2D eigenvalue weighted by atomic mass is 9.97. The van der Waals surface area contributed by atoms with Gasteiger partial charge in [0.05, 0.1) is 23.3 Å². The van der Waals surface area contributed by atoms with Crippen LogP contribution in [-0.2, 0) is 4.74 Å². The average molecular weight is 210 g/mol. The molecule has 1 aliphatic heterocycles. The van der Waals surface area contributed by atoms with Crippen molar-refractivity contribution in [3.63, 3.8) is 0 Å². The fourth-order valence-electron chi connectivity index (χ4n) is 2.50. The number of morpholine rings is 1. The van der Waals surface area contributed by atoms with Crippen LogP contribution >= 0.6 is 0 Å². The summed E-state index contributed by atoms with van der Waals surface area (Å²) in [6.07, 6.45) is 0.878. The van der Waals surface area contributed by atoms with Crippen molar-refractivity contribution in [2.45, 2.75) is 58.3 Å². The van der Waals surface area contributed by atoms with Crippen molar-refractivity contribution >= 4 is 0 Å². The molecule has 1 saturated heterocycles. The van der Waals surface area contributed by atoms with Gasteiger partial charge in [0.2, 0.25) is 0 Å². The summed E-state index contributed by atoms with van der Waals surface area (Å²) >= 11 is 0. The van der Waals surface area contributed by atoms with Crippen molar-refractivity contribution < 1.29 is 4.74 Å². The van der Waals surface area contributed by atoms with Crippen LogP contribution in [0.4, 0.5) is 0 Å². The fourth-order valence-corrected chi connectivity index (χ4v) is 2.50. The van der Waals surface area contributed by atoms with Gasteiger partial charge in [-0.25, -0.2) is 0 Å². The number of nitrogens with zero attached hydrogens (tertiary/aromatic N) is 2. The van der Waals surface area contributed by atoms with Crippen LogP contribution in [0.25, 0.3) is 0 Å². The van der Waals surface area contributed by atoms with Gasteiger partial charge < -0.3 is 4.74 Å². The first-order chi connectivity index (χ1) is 6.79. The smallest absolute Gasteiger partial charge is 0.0977 e. The van der Waals surface area contributed by atoms with Gasteiger partial charge in [0, 0.05) is 13.1 Å². The predicted molar refractivity (Wildman–Crippen MR) is 60.5 cm³/mol. The minimum atomic E-state index is -0.161. The number of rotatable bonds is 2. The maximum atomic E-state index is 9.09. The summed E-state index contributed by atoms with van der Waals surface area (Å²) in [5.74, 6) is 0. The minimum Gasteiger partial charge on any atom is -0.367 e. The standard InChI is InChI=1S/C12H22N2O/c1-6-10(7-13)14-8-11(2,3)15-12(4,5)9-14/h10H,6,8-9H2,1-5H3. The van der Waals surface area contributed by atoms with E-state index in [-0.39, 0.29) is 17.2 Å². The van der Waals surface area contributed by atoms with Crippen LogP contribution in [0.1, 0.15) is 41.0 Å². The lowest BCUT2D eigenvalue weighted by Crippen LogP contribution is -2.59. The van der Waals surface area contributed by atoms with Crippen LogP contribution in [0.2, 0.25) is 0 Å². The van der Waals surface area contributed by atoms with Crippen LogP contribution in [0.15, 0.2) is 0 Å². The number of ether oxygens (including phenoxy) is 1. The zero-order valence-corrected chi connectivity index (χ0v) is 10.5. The zero-order valence-electron chi connectivity index (χ0n) is 10.5. The molecule has 3 nitrogen and oxygen atoms in total. The topological polar surface area (TPSA) is 36.3 Å². The molecule has 86 valence electrons. The molecule has 1 heterocycles. The maximum Gasteiger partial charge on any atom is 0.0977 e. The van der Waals surface area contributed by atoms with Crippen molar-refractivity contribution in [2.75, 3.05) is 13.1 Å². The van der Waals surface area contributed by atoms with E-state index in [4.69, 9.17) is 10.00 Å². The Labute approximate surface area is 93.0 Å². The van der Waals surface area contributed by atoms with Gasteiger partial charge >= 0.3 is 0 Å². The maximum absolute atomic E-state index is 9.09.